The van der Waals surface area contributed by atoms with Crippen LogP contribution in [0.3, 0.4) is 0 Å². The second-order valence-electron chi connectivity index (χ2n) is 21.9. The third-order valence-corrected chi connectivity index (χ3v) is 24.6. The average molecular weight is 1370 g/mol. The Kier molecular flexibility index (Phi) is 31.2. The Morgan fingerprint density at radius 3 is 1.37 bits per heavy atom. The molecule has 4 aliphatic rings. The fourth-order valence-electron chi connectivity index (χ4n) is 10.0. The van der Waals surface area contributed by atoms with E-state index in [1.54, 1.807) is 73.7 Å². The van der Waals surface area contributed by atoms with Gasteiger partial charge in [-0.15, -0.1) is 33.7 Å². The van der Waals surface area contributed by atoms with Crippen LogP contribution in [-0.4, -0.2) is 136 Å². The standard InChI is InChI=1S/C29H31N2O8PS2.C29H32NO5PS2.C5H11N.C4H9NO/c1-2-23(39-31(34)35)20-28(32)37-25-8-5-6-21(19-25)18-22-7-3-4-9-27(22)29(33)38-24-10-12-26(13-11-24)40(41,42)30-14-16-36-17-15-30;1-2-3-11-28(31)34-25-9-6-7-22(21-25)20-23-8-4-5-10-27(23)29(32)35-24-12-14-26(15-13-24)36(37,38)30-16-18-33-19-17-30;1-2-4-6-5-3-1;1-3-6-4-2-5-1/h3-13,19,23H,2,14-18,20H2,1H3,(H,41,42);4-10,12-15,21H,2-3,11,16-20H2,1H3,(H,37,38);6H,1-5H2;5H,1-4H2. The first kappa shape index (κ1) is 73.5. The highest BCUT2D eigenvalue weighted by Gasteiger charge is 2.23. The Morgan fingerprint density at radius 1 is 0.554 bits per heavy atom. The Hall–Kier alpha value is -5.88. The summed E-state index contributed by atoms with van der Waals surface area (Å²) in [4.78, 5) is 65.7. The fraction of sp³-hybridized carbons (Fsp3) is 0.403. The Morgan fingerprint density at radius 2 is 0.989 bits per heavy atom. The number of hydrogen-bond donors (Lipinski definition) is 2. The van der Waals surface area contributed by atoms with E-state index in [-0.39, 0.29) is 24.6 Å². The largest absolute Gasteiger partial charge is 0.727 e. The lowest BCUT2D eigenvalue weighted by Gasteiger charge is -2.43. The van der Waals surface area contributed by atoms with Crippen molar-refractivity contribution in [3.63, 3.8) is 0 Å². The molecule has 10 rings (SSSR count). The molecule has 0 amide bonds. The van der Waals surface area contributed by atoms with E-state index in [9.17, 15) is 29.3 Å². The minimum Gasteiger partial charge on any atom is -0.727 e. The van der Waals surface area contributed by atoms with Crippen LogP contribution in [0, 0.1) is 10.1 Å². The van der Waals surface area contributed by atoms with Crippen LogP contribution in [0.4, 0.5) is 0 Å². The van der Waals surface area contributed by atoms with Crippen LogP contribution >= 0.6 is 10.8 Å². The van der Waals surface area contributed by atoms with E-state index in [1.165, 1.54) is 32.4 Å². The normalized spacial score (nSPS) is 16.7. The molecule has 6 aromatic rings. The summed E-state index contributed by atoms with van der Waals surface area (Å²) >= 11 is 23.3. The van der Waals surface area contributed by atoms with Gasteiger partial charge in [0, 0.05) is 32.6 Å². The second-order valence-corrected chi connectivity index (χ2v) is 33.9. The van der Waals surface area contributed by atoms with Gasteiger partial charge in [0.25, 0.3) is 5.09 Å². The van der Waals surface area contributed by atoms with Crippen molar-refractivity contribution in [3.05, 3.63) is 189 Å². The van der Waals surface area contributed by atoms with Gasteiger partial charge in [-0.3, -0.25) is 18.9 Å². The lowest BCUT2D eigenvalue weighted by atomic mass is 9.99. The molecule has 4 fully saturated rings. The molecule has 0 bridgehead atoms. The smallest absolute Gasteiger partial charge is 0.343 e. The molecule has 4 saturated heterocycles. The highest BCUT2D eigenvalue weighted by atomic mass is 32.9. The van der Waals surface area contributed by atoms with Gasteiger partial charge in [0.15, 0.2) is 0 Å². The van der Waals surface area contributed by atoms with Gasteiger partial charge < -0.3 is 73.1 Å². The monoisotopic (exact) mass is 1370 g/mol. The Balaban J connectivity index is 0.000000220. The van der Waals surface area contributed by atoms with Gasteiger partial charge in [0.05, 0.1) is 83.4 Å². The minimum absolute atomic E-state index is 0.240. The number of unbranched alkanes of at least 4 members (excludes halogenated alkanes) is 1. The quantitative estimate of drug-likeness (QED) is 0.0163. The second kappa shape index (κ2) is 39.1. The van der Waals surface area contributed by atoms with Gasteiger partial charge in [0.2, 0.25) is 0 Å². The van der Waals surface area contributed by atoms with Crippen LogP contribution in [0.25, 0.3) is 0 Å². The van der Waals surface area contributed by atoms with Crippen LogP contribution in [0.1, 0.15) is 108 Å². The Labute approximate surface area is 560 Å². The molecular formula is C67H83N5O14P2S4. The van der Waals surface area contributed by atoms with Gasteiger partial charge in [0.1, 0.15) is 29.1 Å². The zero-order valence-corrected chi connectivity index (χ0v) is 57.2. The molecule has 3 unspecified atom stereocenters. The molecule has 4 heterocycles. The zero-order chi connectivity index (χ0) is 65.6. The van der Waals surface area contributed by atoms with Gasteiger partial charge in [-0.25, -0.2) is 9.59 Å². The summed E-state index contributed by atoms with van der Waals surface area (Å²) < 4.78 is 42.4. The van der Waals surface area contributed by atoms with Crippen molar-refractivity contribution in [2.45, 2.75) is 84.2 Å². The lowest BCUT2D eigenvalue weighted by Crippen LogP contribution is -2.87. The van der Waals surface area contributed by atoms with E-state index in [0.717, 1.165) is 85.1 Å². The molecule has 4 aliphatic heterocycles. The van der Waals surface area contributed by atoms with Crippen molar-refractivity contribution in [1.29, 1.82) is 0 Å². The summed E-state index contributed by atoms with van der Waals surface area (Å²) in [6.07, 6.45) is 6.49. The molecule has 3 atom stereocenters. The number of hydrogen-bond acceptors (Lipinski definition) is 18. The number of rotatable bonds is 22. The summed E-state index contributed by atoms with van der Waals surface area (Å²) in [5.41, 5.74) is 4.13. The van der Waals surface area contributed by atoms with Crippen LogP contribution in [0.2, 0.25) is 0 Å². The SMILES string of the molecule is C1CC[NH2+]CC1.C1COCC[NH2+]1.CCC(CC(=O)Oc1cccc(Cc2ccccc2C(=O)Oc2ccc(P(=S)([S-])N3CCOCC3)cc2)c1)O[N+](=O)[O-].CCCCC(=O)Oc1cccc(Cc2ccccc2C(=O)Oc2ccc(P(=S)([S-])N3CCOCC3)cc2)c1. The average Bonchev–Trinajstić information content (AvgIpc) is 0.909. The molecule has 0 aliphatic carbocycles. The summed E-state index contributed by atoms with van der Waals surface area (Å²) in [5.74, 6) is -0.240. The van der Waals surface area contributed by atoms with Crippen molar-refractivity contribution < 1.29 is 72.9 Å². The maximum atomic E-state index is 13.2. The van der Waals surface area contributed by atoms with E-state index in [4.69, 9.17) is 81.3 Å². The molecule has 25 heteroatoms. The predicted molar refractivity (Wildman–Crippen MR) is 367 cm³/mol. The molecule has 494 valence electrons. The number of benzene rings is 6. The molecule has 19 nitrogen and oxygen atoms in total. The summed E-state index contributed by atoms with van der Waals surface area (Å²) in [7, 11) is 0. The maximum absolute atomic E-state index is 13.2. The van der Waals surface area contributed by atoms with Crippen molar-refractivity contribution >= 4 is 93.4 Å². The number of morpholine rings is 3. The maximum Gasteiger partial charge on any atom is 0.343 e. The first-order valence-corrected chi connectivity index (χ1v) is 38.8. The van der Waals surface area contributed by atoms with Gasteiger partial charge >= 0.3 is 23.9 Å². The van der Waals surface area contributed by atoms with Crippen molar-refractivity contribution in [2.75, 3.05) is 92.0 Å². The molecule has 4 N–H and O–H groups in total. The number of ether oxygens (including phenoxy) is 7. The third-order valence-electron chi connectivity index (χ3n) is 15.1. The number of quaternary nitrogens is 2. The molecule has 6 aromatic carbocycles. The van der Waals surface area contributed by atoms with Crippen molar-refractivity contribution in [3.8, 4) is 23.0 Å². The number of carbonyl (C=O) groups is 4. The van der Waals surface area contributed by atoms with E-state index < -0.39 is 39.9 Å². The van der Waals surface area contributed by atoms with E-state index in [0.29, 0.717) is 87.2 Å². The first-order valence-electron chi connectivity index (χ1n) is 31.2. The molecule has 0 aromatic heterocycles. The van der Waals surface area contributed by atoms with E-state index >= 15 is 0 Å². The predicted octanol–water partition coefficient (Wildman–Crippen LogP) is 8.31. The number of carbonyl (C=O) groups excluding carboxylic acids is 4. The van der Waals surface area contributed by atoms with Crippen LogP contribution in [0.15, 0.2) is 146 Å². The highest BCUT2D eigenvalue weighted by molar-refractivity contribution is 8.57. The summed E-state index contributed by atoms with van der Waals surface area (Å²) in [6.45, 7) is 16.0. The zero-order valence-electron chi connectivity index (χ0n) is 52.1. The number of piperidine rings is 1. The van der Waals surface area contributed by atoms with Gasteiger partial charge in [-0.1, -0.05) is 116 Å². The molecule has 0 spiro atoms. The fourth-order valence-corrected chi connectivity index (χ4v) is 16.5. The topological polar surface area (TPSA) is 225 Å². The summed E-state index contributed by atoms with van der Waals surface area (Å²) in [5, 5.41) is 11.5. The van der Waals surface area contributed by atoms with Gasteiger partial charge in [-0.2, -0.15) is 0 Å². The minimum atomic E-state index is -2.34. The van der Waals surface area contributed by atoms with Crippen LogP contribution < -0.4 is 40.2 Å². The van der Waals surface area contributed by atoms with Crippen molar-refractivity contribution in [2.24, 2.45) is 0 Å². The van der Waals surface area contributed by atoms with Crippen LogP contribution in [-0.2, 0) is 89.6 Å². The number of esters is 4. The Bertz CT molecular complexity index is 3390. The number of nitrogens with zero attached hydrogens (tertiary/aromatic N) is 3. The van der Waals surface area contributed by atoms with E-state index in [1.807, 2.05) is 85.8 Å². The molecular weight excluding hydrogens is 1290 g/mol. The summed E-state index contributed by atoms with van der Waals surface area (Å²) in [6, 6.07) is 43.0. The van der Waals surface area contributed by atoms with Gasteiger partial charge in [-0.05, 0) is 138 Å². The lowest BCUT2D eigenvalue weighted by molar-refractivity contribution is -0.768. The third kappa shape index (κ3) is 24.5. The highest BCUT2D eigenvalue weighted by Crippen LogP contribution is 2.48. The molecule has 0 radical (unpaired) electrons. The molecule has 92 heavy (non-hydrogen) atoms. The van der Waals surface area contributed by atoms with Crippen LogP contribution in [0.5, 0.6) is 23.0 Å². The van der Waals surface area contributed by atoms with Crippen molar-refractivity contribution in [1.82, 2.24) is 9.34 Å². The van der Waals surface area contributed by atoms with E-state index in [2.05, 4.69) is 24.8 Å². The molecule has 0 saturated carbocycles. The first-order chi connectivity index (χ1) is 44.5. The number of nitrogens with two attached hydrogens (primary N) is 2.